The van der Waals surface area contributed by atoms with Gasteiger partial charge in [-0.2, -0.15) is 26.3 Å². The summed E-state index contributed by atoms with van der Waals surface area (Å²) in [4.78, 5) is 7.89. The molecule has 0 spiro atoms. The van der Waals surface area contributed by atoms with E-state index < -0.39 is 35.3 Å². The van der Waals surface area contributed by atoms with Crippen LogP contribution in [0.1, 0.15) is 30.5 Å². The average molecular weight is 502 g/mol. The summed E-state index contributed by atoms with van der Waals surface area (Å²) >= 11 is 0. The molecule has 0 bridgehead atoms. The molecule has 2 heterocycles. The molecule has 0 amide bonds. The van der Waals surface area contributed by atoms with Crippen molar-refractivity contribution < 1.29 is 40.9 Å². The van der Waals surface area contributed by atoms with Crippen LogP contribution < -0.4 is 4.74 Å². The van der Waals surface area contributed by atoms with Crippen molar-refractivity contribution in [2.24, 2.45) is 0 Å². The first-order valence-corrected chi connectivity index (χ1v) is 10.0. The lowest BCUT2D eigenvalue weighted by atomic mass is 10.0. The molecule has 0 radical (unpaired) electrons. The third-order valence-electron chi connectivity index (χ3n) is 4.57. The van der Waals surface area contributed by atoms with Gasteiger partial charge in [0.05, 0.1) is 24.3 Å². The number of halogens is 6. The summed E-state index contributed by atoms with van der Waals surface area (Å²) in [7, 11) is 1.42. The van der Waals surface area contributed by atoms with Crippen LogP contribution in [0.2, 0.25) is 0 Å². The maximum atomic E-state index is 13.2. The molecule has 0 aliphatic heterocycles. The van der Waals surface area contributed by atoms with Gasteiger partial charge in [-0.25, -0.2) is 14.6 Å². The van der Waals surface area contributed by atoms with E-state index >= 15 is 0 Å². The van der Waals surface area contributed by atoms with Crippen molar-refractivity contribution in [1.82, 2.24) is 19.7 Å². The predicted molar refractivity (Wildman–Crippen MR) is 113 cm³/mol. The average Bonchev–Trinajstić information content (AvgIpc) is 3.24. The molecule has 13 heteroatoms. The Balaban J connectivity index is 2.06. The second kappa shape index (κ2) is 10.0. The monoisotopic (exact) mass is 502 g/mol. The number of ether oxygens (including phenoxy) is 2. The molecule has 0 saturated carbocycles. The first kappa shape index (κ1) is 26.2. The molecule has 0 fully saturated rings. The molecular weight excluding hydrogens is 482 g/mol. The number of nitrogens with zero attached hydrogens (tertiary/aromatic N) is 4. The Bertz CT molecular complexity index is 1150. The van der Waals surface area contributed by atoms with Crippen LogP contribution in [-0.4, -0.2) is 44.4 Å². The van der Waals surface area contributed by atoms with Crippen LogP contribution >= 0.6 is 0 Å². The zero-order chi connectivity index (χ0) is 26.0. The zero-order valence-corrected chi connectivity index (χ0v) is 18.6. The number of benzene rings is 1. The smallest absolute Gasteiger partial charge is 0.416 e. The van der Waals surface area contributed by atoms with E-state index in [1.807, 2.05) is 0 Å². The SMILES string of the molecule is COc1ccc(/C(=C\n2cnc(-c3cc(C(F)(F)F)cc(C(F)(F)F)c3)n2)C(O)OC(C)C)cn1. The van der Waals surface area contributed by atoms with Crippen LogP contribution in [0.3, 0.4) is 0 Å². The van der Waals surface area contributed by atoms with E-state index in [0.29, 0.717) is 23.6 Å². The molecule has 0 aliphatic rings. The van der Waals surface area contributed by atoms with Crippen molar-refractivity contribution in [3.05, 3.63) is 59.5 Å². The van der Waals surface area contributed by atoms with E-state index in [1.165, 1.54) is 25.6 Å². The number of hydrogen-bond acceptors (Lipinski definition) is 6. The largest absolute Gasteiger partial charge is 0.481 e. The minimum Gasteiger partial charge on any atom is -0.481 e. The third kappa shape index (κ3) is 6.57. The first-order chi connectivity index (χ1) is 16.3. The number of rotatable bonds is 7. The van der Waals surface area contributed by atoms with Crippen LogP contribution in [0.4, 0.5) is 26.3 Å². The Morgan fingerprint density at radius 1 is 1.00 bits per heavy atom. The summed E-state index contributed by atoms with van der Waals surface area (Å²) in [5.74, 6) is -0.0789. The number of methoxy groups -OCH3 is 1. The fraction of sp³-hybridized carbons (Fsp3) is 0.318. The molecule has 2 aromatic heterocycles. The lowest BCUT2D eigenvalue weighted by Crippen LogP contribution is -2.19. The highest BCUT2D eigenvalue weighted by Crippen LogP contribution is 2.38. The van der Waals surface area contributed by atoms with Gasteiger partial charge in [-0.1, -0.05) is 0 Å². The minimum absolute atomic E-state index is 0.0226. The molecular formula is C22H20F6N4O3. The Kier molecular flexibility index (Phi) is 7.50. The second-order valence-corrected chi connectivity index (χ2v) is 7.55. The fourth-order valence-corrected chi connectivity index (χ4v) is 2.98. The van der Waals surface area contributed by atoms with Gasteiger partial charge >= 0.3 is 12.4 Å². The van der Waals surface area contributed by atoms with Crippen molar-refractivity contribution in [3.63, 3.8) is 0 Å². The Morgan fingerprint density at radius 3 is 2.11 bits per heavy atom. The lowest BCUT2D eigenvalue weighted by Gasteiger charge is -2.18. The van der Waals surface area contributed by atoms with Gasteiger partial charge < -0.3 is 14.6 Å². The number of aromatic nitrogens is 4. The van der Waals surface area contributed by atoms with Crippen LogP contribution in [-0.2, 0) is 17.1 Å². The highest BCUT2D eigenvalue weighted by Gasteiger charge is 2.37. The summed E-state index contributed by atoms with van der Waals surface area (Å²) in [6, 6.07) is 4.19. The van der Waals surface area contributed by atoms with Crippen LogP contribution in [0.5, 0.6) is 5.88 Å². The van der Waals surface area contributed by atoms with Gasteiger partial charge in [0, 0.05) is 35.2 Å². The van der Waals surface area contributed by atoms with E-state index in [0.717, 1.165) is 11.0 Å². The van der Waals surface area contributed by atoms with Gasteiger partial charge in [-0.15, -0.1) is 5.10 Å². The molecule has 3 rings (SSSR count). The highest BCUT2D eigenvalue weighted by atomic mass is 19.4. The van der Waals surface area contributed by atoms with E-state index in [-0.39, 0.29) is 23.6 Å². The van der Waals surface area contributed by atoms with Gasteiger partial charge in [0.2, 0.25) is 5.88 Å². The van der Waals surface area contributed by atoms with Gasteiger partial charge in [-0.05, 0) is 38.1 Å². The van der Waals surface area contributed by atoms with Gasteiger partial charge in [0.25, 0.3) is 0 Å². The maximum Gasteiger partial charge on any atom is 0.416 e. The first-order valence-electron chi connectivity index (χ1n) is 10.0. The Hall–Kier alpha value is -3.45. The van der Waals surface area contributed by atoms with Gasteiger partial charge in [-0.3, -0.25) is 0 Å². The predicted octanol–water partition coefficient (Wildman–Crippen LogP) is 5.13. The molecule has 188 valence electrons. The molecule has 1 unspecified atom stereocenters. The maximum absolute atomic E-state index is 13.2. The number of aliphatic hydroxyl groups excluding tert-OH is 1. The summed E-state index contributed by atoms with van der Waals surface area (Å²) in [6.45, 7) is 3.37. The topological polar surface area (TPSA) is 82.3 Å². The normalized spacial score (nSPS) is 13.9. The van der Waals surface area contributed by atoms with Crippen molar-refractivity contribution in [2.75, 3.05) is 7.11 Å². The third-order valence-corrected chi connectivity index (χ3v) is 4.57. The number of aliphatic hydroxyl groups is 1. The van der Waals surface area contributed by atoms with Crippen molar-refractivity contribution >= 4 is 11.8 Å². The number of pyridine rings is 1. The molecule has 0 saturated heterocycles. The van der Waals surface area contributed by atoms with Crippen molar-refractivity contribution in [1.29, 1.82) is 0 Å². The Labute approximate surface area is 195 Å². The number of hydrogen-bond donors (Lipinski definition) is 1. The van der Waals surface area contributed by atoms with Crippen LogP contribution in [0.25, 0.3) is 23.2 Å². The molecule has 1 N–H and O–H groups in total. The highest BCUT2D eigenvalue weighted by molar-refractivity contribution is 5.77. The fourth-order valence-electron chi connectivity index (χ4n) is 2.98. The minimum atomic E-state index is -5.01. The van der Waals surface area contributed by atoms with Gasteiger partial charge in [0.1, 0.15) is 6.33 Å². The summed E-state index contributed by atoms with van der Waals surface area (Å²) in [6.07, 6.45) is -8.12. The number of alkyl halides is 6. The zero-order valence-electron chi connectivity index (χ0n) is 18.6. The van der Waals surface area contributed by atoms with Crippen LogP contribution in [0.15, 0.2) is 42.9 Å². The van der Waals surface area contributed by atoms with E-state index in [9.17, 15) is 31.4 Å². The standard InChI is InChI=1S/C22H20F6N4O3/c1-12(2)35-20(33)17(13-4-5-18(34-3)29-9-13)10-32-11-30-19(31-32)14-6-15(21(23,24)25)8-16(7-14)22(26,27)28/h4-12,20,33H,1-3H3/b17-10+. The summed E-state index contributed by atoms with van der Waals surface area (Å²) in [5.41, 5.74) is -2.90. The van der Waals surface area contributed by atoms with Crippen molar-refractivity contribution in [3.8, 4) is 17.3 Å². The molecule has 7 nitrogen and oxygen atoms in total. The molecule has 35 heavy (non-hydrogen) atoms. The molecule has 1 atom stereocenters. The molecule has 1 aromatic carbocycles. The quantitative estimate of drug-likeness (QED) is 0.357. The summed E-state index contributed by atoms with van der Waals surface area (Å²) < 4.78 is 90.6. The van der Waals surface area contributed by atoms with Crippen LogP contribution in [0, 0.1) is 0 Å². The van der Waals surface area contributed by atoms with Gasteiger partial charge in [0.15, 0.2) is 12.1 Å². The summed E-state index contributed by atoms with van der Waals surface area (Å²) in [5, 5.41) is 14.5. The lowest BCUT2D eigenvalue weighted by molar-refractivity contribution is -0.143. The molecule has 3 aromatic rings. The van der Waals surface area contributed by atoms with E-state index in [4.69, 9.17) is 9.47 Å². The second-order valence-electron chi connectivity index (χ2n) is 7.55. The Morgan fingerprint density at radius 2 is 1.63 bits per heavy atom. The van der Waals surface area contributed by atoms with E-state index in [2.05, 4.69) is 15.1 Å². The molecule has 0 aliphatic carbocycles. The van der Waals surface area contributed by atoms with E-state index in [1.54, 1.807) is 19.9 Å². The van der Waals surface area contributed by atoms with Crippen molar-refractivity contribution in [2.45, 2.75) is 38.6 Å².